The summed E-state index contributed by atoms with van der Waals surface area (Å²) in [6.45, 7) is 6.04. The van der Waals surface area contributed by atoms with Crippen molar-refractivity contribution in [3.8, 4) is 0 Å². The first-order valence-electron chi connectivity index (χ1n) is 9.66. The summed E-state index contributed by atoms with van der Waals surface area (Å²) in [7, 11) is 1.60. The molecule has 1 atom stereocenters. The Morgan fingerprint density at radius 2 is 2.04 bits per heavy atom. The molecule has 0 spiro atoms. The minimum atomic E-state index is -0.170. The Balaban J connectivity index is 1.60. The average molecular weight is 404 g/mol. The highest BCUT2D eigenvalue weighted by Crippen LogP contribution is 2.19. The van der Waals surface area contributed by atoms with Crippen molar-refractivity contribution in [2.75, 3.05) is 33.1 Å². The fourth-order valence-electron chi connectivity index (χ4n) is 3.43. The Labute approximate surface area is 170 Å². The molecule has 0 bridgehead atoms. The fourth-order valence-corrected chi connectivity index (χ4v) is 3.84. The quantitative estimate of drug-likeness (QED) is 0.682. The van der Waals surface area contributed by atoms with Crippen LogP contribution in [0.5, 0.6) is 0 Å². The second-order valence-corrected chi connectivity index (χ2v) is 7.91. The van der Waals surface area contributed by atoms with Gasteiger partial charge in [0.1, 0.15) is 5.82 Å². The number of carbonyl (C=O) groups excluding carboxylic acids is 1. The molecule has 152 valence electrons. The molecule has 1 unspecified atom stereocenters. The summed E-state index contributed by atoms with van der Waals surface area (Å²) in [6.07, 6.45) is 3.31. The van der Waals surface area contributed by atoms with Gasteiger partial charge in [0.2, 0.25) is 5.91 Å². The molecule has 1 aromatic carbocycles. The lowest BCUT2D eigenvalue weighted by Gasteiger charge is -2.20. The number of fused-ring (bicyclic) bond motifs is 1. The first-order valence-corrected chi connectivity index (χ1v) is 10.9. The summed E-state index contributed by atoms with van der Waals surface area (Å²) < 4.78 is 7.13. The summed E-state index contributed by atoms with van der Waals surface area (Å²) in [5, 5.41) is 11.7. The Morgan fingerprint density at radius 3 is 2.75 bits per heavy atom. The zero-order chi connectivity index (χ0) is 19.9. The van der Waals surface area contributed by atoms with E-state index in [4.69, 9.17) is 4.74 Å². The van der Waals surface area contributed by atoms with Gasteiger partial charge in [-0.25, -0.2) is 0 Å². The first kappa shape index (κ1) is 20.8. The minimum Gasteiger partial charge on any atom is -0.384 e. The van der Waals surface area contributed by atoms with Crippen molar-refractivity contribution in [3.05, 3.63) is 41.5 Å². The van der Waals surface area contributed by atoms with E-state index in [9.17, 15) is 4.79 Å². The number of benzene rings is 1. The van der Waals surface area contributed by atoms with Crippen molar-refractivity contribution >= 4 is 17.7 Å². The molecular formula is C20H29N5O2S. The number of rotatable bonds is 8. The van der Waals surface area contributed by atoms with E-state index in [1.807, 2.05) is 6.92 Å². The van der Waals surface area contributed by atoms with Crippen LogP contribution in [0.1, 0.15) is 36.6 Å². The number of thioether (sulfide) groups is 1. The molecule has 8 heteroatoms. The van der Waals surface area contributed by atoms with Gasteiger partial charge in [-0.3, -0.25) is 9.69 Å². The zero-order valence-electron chi connectivity index (χ0n) is 16.9. The Morgan fingerprint density at radius 1 is 1.25 bits per heavy atom. The lowest BCUT2D eigenvalue weighted by molar-refractivity contribution is -0.122. The molecular weight excluding hydrogens is 374 g/mol. The molecule has 28 heavy (non-hydrogen) atoms. The minimum absolute atomic E-state index is 0.0318. The van der Waals surface area contributed by atoms with Gasteiger partial charge in [0, 0.05) is 51.0 Å². The third-order valence-electron chi connectivity index (χ3n) is 5.01. The number of nitrogens with zero attached hydrogens (tertiary/aromatic N) is 4. The number of aromatic nitrogens is 3. The molecule has 7 nitrogen and oxygen atoms in total. The highest BCUT2D eigenvalue weighted by molar-refractivity contribution is 7.98. The van der Waals surface area contributed by atoms with Gasteiger partial charge in [0.15, 0.2) is 5.82 Å². The molecule has 0 saturated heterocycles. The van der Waals surface area contributed by atoms with Crippen LogP contribution >= 0.6 is 11.8 Å². The number of carbonyl (C=O) groups is 1. The van der Waals surface area contributed by atoms with Crippen molar-refractivity contribution in [2.45, 2.75) is 43.8 Å². The monoisotopic (exact) mass is 403 g/mol. The topological polar surface area (TPSA) is 72.3 Å². The van der Waals surface area contributed by atoms with Gasteiger partial charge in [-0.2, -0.15) is 0 Å². The molecule has 1 amide bonds. The maximum atomic E-state index is 12.0. The average Bonchev–Trinajstić information content (AvgIpc) is 3.02. The Bertz CT molecular complexity index is 777. The summed E-state index contributed by atoms with van der Waals surface area (Å²) in [5.41, 5.74) is 1.33. The van der Waals surface area contributed by atoms with E-state index in [-0.39, 0.29) is 11.9 Å². The molecule has 3 rings (SSSR count). The van der Waals surface area contributed by atoms with E-state index in [0.29, 0.717) is 13.0 Å². The highest BCUT2D eigenvalue weighted by Gasteiger charge is 2.22. The van der Waals surface area contributed by atoms with Crippen LogP contribution in [-0.4, -0.2) is 58.6 Å². The van der Waals surface area contributed by atoms with Gasteiger partial charge in [0.25, 0.3) is 0 Å². The van der Waals surface area contributed by atoms with Gasteiger partial charge >= 0.3 is 0 Å². The summed E-state index contributed by atoms with van der Waals surface area (Å²) in [4.78, 5) is 15.7. The van der Waals surface area contributed by atoms with Crippen molar-refractivity contribution in [1.82, 2.24) is 25.0 Å². The van der Waals surface area contributed by atoms with Crippen molar-refractivity contribution < 1.29 is 9.53 Å². The summed E-state index contributed by atoms with van der Waals surface area (Å²) >= 11 is 1.76. The predicted octanol–water partition coefficient (Wildman–Crippen LogP) is 2.27. The fraction of sp³-hybridized carbons (Fsp3) is 0.550. The van der Waals surface area contributed by atoms with Crippen LogP contribution in [0.25, 0.3) is 0 Å². The lowest BCUT2D eigenvalue weighted by Crippen LogP contribution is -2.30. The SMILES string of the molecule is COCCC(=O)NC(C)c1nnc2n1CCN(Cc1ccc(SC)cc1)CC2. The predicted molar refractivity (Wildman–Crippen MR) is 110 cm³/mol. The van der Waals surface area contributed by atoms with Crippen LogP contribution in [0.15, 0.2) is 29.2 Å². The van der Waals surface area contributed by atoms with E-state index < -0.39 is 0 Å². The number of hydrogen-bond donors (Lipinski definition) is 1. The molecule has 0 saturated carbocycles. The molecule has 0 fully saturated rings. The van der Waals surface area contributed by atoms with Crippen LogP contribution in [0.3, 0.4) is 0 Å². The van der Waals surface area contributed by atoms with E-state index in [0.717, 1.165) is 44.2 Å². The van der Waals surface area contributed by atoms with Crippen LogP contribution in [0, 0.1) is 0 Å². The third-order valence-corrected chi connectivity index (χ3v) is 5.75. The van der Waals surface area contributed by atoms with Crippen LogP contribution < -0.4 is 5.32 Å². The highest BCUT2D eigenvalue weighted by atomic mass is 32.2. The van der Waals surface area contributed by atoms with Gasteiger partial charge in [-0.1, -0.05) is 12.1 Å². The standard InChI is InChI=1S/C20H29N5O2S/c1-15(21-19(26)9-13-27-2)20-23-22-18-8-10-24(11-12-25(18)20)14-16-4-6-17(28-3)7-5-16/h4-7,15H,8-14H2,1-3H3,(H,21,26). The number of methoxy groups -OCH3 is 1. The maximum absolute atomic E-state index is 12.0. The number of nitrogens with one attached hydrogen (secondary N) is 1. The van der Waals surface area contributed by atoms with Crippen LogP contribution in [0.4, 0.5) is 0 Å². The molecule has 0 aliphatic carbocycles. The molecule has 1 aliphatic rings. The van der Waals surface area contributed by atoms with Gasteiger partial charge < -0.3 is 14.6 Å². The first-order chi connectivity index (χ1) is 13.6. The third kappa shape index (κ3) is 5.33. The maximum Gasteiger partial charge on any atom is 0.222 e. The smallest absolute Gasteiger partial charge is 0.222 e. The van der Waals surface area contributed by atoms with Crippen LogP contribution in [0.2, 0.25) is 0 Å². The molecule has 1 aliphatic heterocycles. The van der Waals surface area contributed by atoms with Crippen LogP contribution in [-0.2, 0) is 29.0 Å². The van der Waals surface area contributed by atoms with Crippen molar-refractivity contribution in [3.63, 3.8) is 0 Å². The van der Waals surface area contributed by atoms with E-state index in [1.54, 1.807) is 18.9 Å². The lowest BCUT2D eigenvalue weighted by atomic mass is 10.2. The molecule has 2 aromatic rings. The largest absolute Gasteiger partial charge is 0.384 e. The second kappa shape index (κ2) is 10.0. The van der Waals surface area contributed by atoms with Gasteiger partial charge in [-0.15, -0.1) is 22.0 Å². The summed E-state index contributed by atoms with van der Waals surface area (Å²) in [5.74, 6) is 1.79. The van der Waals surface area contributed by atoms with Crippen molar-refractivity contribution in [2.24, 2.45) is 0 Å². The Hall–Kier alpha value is -1.90. The molecule has 1 N–H and O–H groups in total. The summed E-state index contributed by atoms with van der Waals surface area (Å²) in [6, 6.07) is 8.61. The van der Waals surface area contributed by atoms with E-state index in [2.05, 4.69) is 55.5 Å². The van der Waals surface area contributed by atoms with E-state index >= 15 is 0 Å². The molecule has 1 aromatic heterocycles. The van der Waals surface area contributed by atoms with E-state index in [1.165, 1.54) is 10.5 Å². The number of hydrogen-bond acceptors (Lipinski definition) is 6. The zero-order valence-corrected chi connectivity index (χ0v) is 17.7. The van der Waals surface area contributed by atoms with Gasteiger partial charge in [0.05, 0.1) is 12.6 Å². The normalized spacial score (nSPS) is 15.7. The Kier molecular flexibility index (Phi) is 7.47. The number of ether oxygens (including phenoxy) is 1. The van der Waals surface area contributed by atoms with Crippen molar-refractivity contribution in [1.29, 1.82) is 0 Å². The van der Waals surface area contributed by atoms with Gasteiger partial charge in [-0.05, 0) is 30.9 Å². The second-order valence-electron chi connectivity index (χ2n) is 7.03. The molecule has 0 radical (unpaired) electrons. The number of amides is 1. The molecule has 2 heterocycles.